The summed E-state index contributed by atoms with van der Waals surface area (Å²) in [4.78, 5) is 0. The van der Waals surface area contributed by atoms with Crippen LogP contribution in [-0.4, -0.2) is 14.5 Å². The summed E-state index contributed by atoms with van der Waals surface area (Å²) in [5.74, 6) is -0.278. The highest BCUT2D eigenvalue weighted by Crippen LogP contribution is 2.32. The molecular formula is C16H23BF2O. The maximum absolute atomic E-state index is 13.7. The Balaban J connectivity index is 1.83. The Bertz CT molecular complexity index is 442. The molecule has 4 heteroatoms. The van der Waals surface area contributed by atoms with Crippen LogP contribution in [0.4, 0.5) is 8.78 Å². The molecule has 2 rings (SSSR count). The molecule has 20 heavy (non-hydrogen) atoms. The van der Waals surface area contributed by atoms with Crippen molar-refractivity contribution in [3.8, 4) is 5.75 Å². The van der Waals surface area contributed by atoms with E-state index in [4.69, 9.17) is 4.74 Å². The van der Waals surface area contributed by atoms with Crippen molar-refractivity contribution in [2.75, 3.05) is 6.61 Å². The van der Waals surface area contributed by atoms with Crippen LogP contribution in [0.3, 0.4) is 0 Å². The quantitative estimate of drug-likeness (QED) is 0.753. The molecule has 0 amide bonds. The molecule has 0 unspecified atom stereocenters. The molecule has 1 nitrogen and oxygen atoms in total. The summed E-state index contributed by atoms with van der Waals surface area (Å²) in [6.07, 6.45) is 7.32. The lowest BCUT2D eigenvalue weighted by Gasteiger charge is -2.28. The zero-order chi connectivity index (χ0) is 14.5. The number of benzene rings is 1. The van der Waals surface area contributed by atoms with Gasteiger partial charge in [0.2, 0.25) is 0 Å². The van der Waals surface area contributed by atoms with Crippen molar-refractivity contribution >= 4 is 13.3 Å². The third kappa shape index (κ3) is 3.74. The maximum atomic E-state index is 13.7. The van der Waals surface area contributed by atoms with Crippen LogP contribution in [0.15, 0.2) is 12.1 Å². The molecule has 1 aliphatic carbocycles. The molecule has 0 spiro atoms. The van der Waals surface area contributed by atoms with Crippen LogP contribution in [0.5, 0.6) is 5.75 Å². The second-order valence-corrected chi connectivity index (χ2v) is 5.99. The lowest BCUT2D eigenvalue weighted by atomic mass is 9.80. The molecule has 0 N–H and O–H groups in total. The van der Waals surface area contributed by atoms with Crippen molar-refractivity contribution in [3.63, 3.8) is 0 Å². The molecule has 0 aliphatic heterocycles. The van der Waals surface area contributed by atoms with Gasteiger partial charge in [-0.25, -0.2) is 4.39 Å². The van der Waals surface area contributed by atoms with E-state index in [2.05, 4.69) is 6.92 Å². The molecule has 0 heterocycles. The molecule has 110 valence electrons. The summed E-state index contributed by atoms with van der Waals surface area (Å²) < 4.78 is 32.6. The summed E-state index contributed by atoms with van der Waals surface area (Å²) in [5, 5.41) is 0. The molecular weight excluding hydrogens is 257 g/mol. The van der Waals surface area contributed by atoms with Crippen LogP contribution >= 0.6 is 0 Å². The maximum Gasteiger partial charge on any atom is 0.200 e. The summed E-state index contributed by atoms with van der Waals surface area (Å²) in [7, 11) is 1.55. The van der Waals surface area contributed by atoms with Gasteiger partial charge in [-0.05, 0) is 30.7 Å². The largest absolute Gasteiger partial charge is 0.490 e. The highest BCUT2D eigenvalue weighted by molar-refractivity contribution is 6.32. The van der Waals surface area contributed by atoms with Gasteiger partial charge in [-0.1, -0.05) is 44.1 Å². The molecule has 0 saturated heterocycles. The number of rotatable bonds is 5. The molecule has 0 aromatic heterocycles. The normalized spacial score (nSPS) is 22.8. The Labute approximate surface area is 121 Å². The summed E-state index contributed by atoms with van der Waals surface area (Å²) in [6.45, 7) is 2.72. The van der Waals surface area contributed by atoms with Gasteiger partial charge in [0, 0.05) is 0 Å². The number of hydrogen-bond donors (Lipinski definition) is 0. The molecule has 1 aliphatic rings. The summed E-state index contributed by atoms with van der Waals surface area (Å²) in [5.41, 5.74) is 0.315. The van der Waals surface area contributed by atoms with Gasteiger partial charge < -0.3 is 4.74 Å². The van der Waals surface area contributed by atoms with Gasteiger partial charge >= 0.3 is 0 Å². The van der Waals surface area contributed by atoms with Crippen LogP contribution in [0.1, 0.15) is 45.4 Å². The van der Waals surface area contributed by atoms with Crippen molar-refractivity contribution < 1.29 is 13.5 Å². The number of ether oxygens (including phenoxy) is 1. The number of hydrogen-bond acceptors (Lipinski definition) is 1. The Hall–Kier alpha value is -1.06. The van der Waals surface area contributed by atoms with Gasteiger partial charge in [-0.3, -0.25) is 0 Å². The first-order valence-corrected chi connectivity index (χ1v) is 7.69. The molecule has 1 aromatic carbocycles. The van der Waals surface area contributed by atoms with E-state index in [0.29, 0.717) is 18.0 Å². The van der Waals surface area contributed by atoms with Crippen LogP contribution in [0.2, 0.25) is 0 Å². The van der Waals surface area contributed by atoms with E-state index in [1.54, 1.807) is 13.9 Å². The van der Waals surface area contributed by atoms with Crippen molar-refractivity contribution in [1.29, 1.82) is 0 Å². The standard InChI is InChI=1S/C16H23BF2O/c1-2-3-11-4-6-12(7-5-11)10-20-14-9-8-13(17)15(18)16(14)19/h8-9,11-12H,2-7,10,17H2,1H3. The van der Waals surface area contributed by atoms with Gasteiger partial charge in [0.15, 0.2) is 17.4 Å². The van der Waals surface area contributed by atoms with Gasteiger partial charge in [0.05, 0.1) is 6.61 Å². The minimum absolute atomic E-state index is 0.0452. The Kier molecular flexibility index (Phi) is 5.44. The zero-order valence-corrected chi connectivity index (χ0v) is 12.4. The van der Waals surface area contributed by atoms with Crippen LogP contribution in [-0.2, 0) is 0 Å². The van der Waals surface area contributed by atoms with E-state index in [-0.39, 0.29) is 5.75 Å². The average Bonchev–Trinajstić information content (AvgIpc) is 2.46. The molecule has 1 fully saturated rings. The van der Waals surface area contributed by atoms with E-state index < -0.39 is 11.6 Å². The Morgan fingerprint density at radius 2 is 1.75 bits per heavy atom. The van der Waals surface area contributed by atoms with Gasteiger partial charge in [-0.15, -0.1) is 0 Å². The minimum Gasteiger partial charge on any atom is -0.490 e. The van der Waals surface area contributed by atoms with Crippen LogP contribution in [0.25, 0.3) is 0 Å². The van der Waals surface area contributed by atoms with E-state index in [0.717, 1.165) is 18.8 Å². The number of halogens is 2. The van der Waals surface area contributed by atoms with Gasteiger partial charge in [0.25, 0.3) is 0 Å². The first-order valence-electron chi connectivity index (χ1n) is 7.69. The van der Waals surface area contributed by atoms with Crippen molar-refractivity contribution in [2.24, 2.45) is 11.8 Å². The van der Waals surface area contributed by atoms with Crippen molar-refractivity contribution in [3.05, 3.63) is 23.8 Å². The fourth-order valence-corrected chi connectivity index (χ4v) is 3.04. The predicted octanol–water partition coefficient (Wildman–Crippen LogP) is 3.21. The Morgan fingerprint density at radius 1 is 1.10 bits per heavy atom. The second kappa shape index (κ2) is 7.10. The topological polar surface area (TPSA) is 9.23 Å². The van der Waals surface area contributed by atoms with Gasteiger partial charge in [0.1, 0.15) is 7.85 Å². The molecule has 0 bridgehead atoms. The van der Waals surface area contributed by atoms with E-state index >= 15 is 0 Å². The van der Waals surface area contributed by atoms with Gasteiger partial charge in [-0.2, -0.15) is 4.39 Å². The van der Waals surface area contributed by atoms with Crippen molar-refractivity contribution in [1.82, 2.24) is 0 Å². The Morgan fingerprint density at radius 3 is 2.40 bits per heavy atom. The lowest BCUT2D eigenvalue weighted by Crippen LogP contribution is -2.21. The smallest absolute Gasteiger partial charge is 0.200 e. The van der Waals surface area contributed by atoms with Crippen LogP contribution in [0, 0.1) is 23.5 Å². The molecule has 0 atom stereocenters. The lowest BCUT2D eigenvalue weighted by molar-refractivity contribution is 0.173. The molecule has 1 saturated carbocycles. The third-order valence-corrected chi connectivity index (χ3v) is 4.38. The molecule has 0 radical (unpaired) electrons. The van der Waals surface area contributed by atoms with Crippen LogP contribution < -0.4 is 10.2 Å². The minimum atomic E-state index is -0.857. The first kappa shape index (κ1) is 15.3. The predicted molar refractivity (Wildman–Crippen MR) is 80.4 cm³/mol. The summed E-state index contributed by atoms with van der Waals surface area (Å²) in [6, 6.07) is 3.09. The monoisotopic (exact) mass is 280 g/mol. The fraction of sp³-hybridized carbons (Fsp3) is 0.625. The third-order valence-electron chi connectivity index (χ3n) is 4.38. The van der Waals surface area contributed by atoms with E-state index in [1.165, 1.54) is 31.7 Å². The zero-order valence-electron chi connectivity index (χ0n) is 12.4. The van der Waals surface area contributed by atoms with E-state index in [9.17, 15) is 8.78 Å². The average molecular weight is 280 g/mol. The summed E-state index contributed by atoms with van der Waals surface area (Å²) >= 11 is 0. The van der Waals surface area contributed by atoms with Crippen molar-refractivity contribution in [2.45, 2.75) is 45.4 Å². The fourth-order valence-electron chi connectivity index (χ4n) is 3.04. The second-order valence-electron chi connectivity index (χ2n) is 5.99. The van der Waals surface area contributed by atoms with E-state index in [1.807, 2.05) is 0 Å². The highest BCUT2D eigenvalue weighted by Gasteiger charge is 2.21. The highest BCUT2D eigenvalue weighted by atomic mass is 19.2. The molecule has 1 aromatic rings. The SMILES string of the molecule is Bc1ccc(OCC2CCC(CCC)CC2)c(F)c1F. The first-order chi connectivity index (χ1) is 9.61.